The highest BCUT2D eigenvalue weighted by atomic mass is 35.5. The summed E-state index contributed by atoms with van der Waals surface area (Å²) in [5.41, 5.74) is -0.469. The lowest BCUT2D eigenvalue weighted by Crippen LogP contribution is -2.67. The molecule has 4 heterocycles. The number of amides is 2. The highest BCUT2D eigenvalue weighted by molar-refractivity contribution is 6.33. The Morgan fingerprint density at radius 1 is 1.12 bits per heavy atom. The second kappa shape index (κ2) is 14.2. The number of alkyl halides is 3. The number of aliphatic hydroxyl groups excluding tert-OH is 1. The fourth-order valence-corrected chi connectivity index (χ4v) is 6.86. The van der Waals surface area contributed by atoms with E-state index in [1.165, 1.54) is 12.5 Å². The number of piperazine rings is 1. The lowest BCUT2D eigenvalue weighted by atomic mass is 9.81. The number of halogens is 4. The van der Waals surface area contributed by atoms with Crippen LogP contribution in [-0.2, 0) is 23.9 Å². The van der Waals surface area contributed by atoms with Crippen LogP contribution >= 0.6 is 11.6 Å². The zero-order valence-electron chi connectivity index (χ0n) is 28.7. The molecule has 0 bridgehead atoms. The summed E-state index contributed by atoms with van der Waals surface area (Å²) in [5, 5.41) is 25.9. The Balaban J connectivity index is 1.40. The van der Waals surface area contributed by atoms with Crippen LogP contribution in [0.2, 0.25) is 5.02 Å². The molecule has 1 aromatic carbocycles. The first-order valence-corrected chi connectivity index (χ1v) is 17.1. The van der Waals surface area contributed by atoms with E-state index in [1.54, 1.807) is 30.2 Å². The minimum atomic E-state index is -4.62. The summed E-state index contributed by atoms with van der Waals surface area (Å²) in [7, 11) is 0. The van der Waals surface area contributed by atoms with Gasteiger partial charge in [0.15, 0.2) is 22.6 Å². The van der Waals surface area contributed by atoms with Gasteiger partial charge in [-0.15, -0.1) is 0 Å². The maximum atomic E-state index is 14.5. The van der Waals surface area contributed by atoms with E-state index >= 15 is 0 Å². The number of rotatable bonds is 9. The zero-order valence-corrected chi connectivity index (χ0v) is 29.5. The van der Waals surface area contributed by atoms with Gasteiger partial charge < -0.3 is 35.2 Å². The number of benzene rings is 1. The third-order valence-corrected chi connectivity index (χ3v) is 10.00. The van der Waals surface area contributed by atoms with E-state index in [-0.39, 0.29) is 82.1 Å². The molecule has 2 fully saturated rings. The smallest absolute Gasteiger partial charge is 0.416 e. The zero-order chi connectivity index (χ0) is 37.6. The van der Waals surface area contributed by atoms with Crippen LogP contribution in [0.25, 0.3) is 11.2 Å². The second-order valence-electron chi connectivity index (χ2n) is 13.0. The summed E-state index contributed by atoms with van der Waals surface area (Å²) in [4.78, 5) is 62.3. The predicted octanol–water partition coefficient (Wildman–Crippen LogP) is 4.14. The van der Waals surface area contributed by atoms with Crippen molar-refractivity contribution < 1.29 is 33.0 Å². The van der Waals surface area contributed by atoms with Crippen LogP contribution in [0, 0.1) is 6.92 Å². The highest BCUT2D eigenvalue weighted by Crippen LogP contribution is 2.39. The van der Waals surface area contributed by atoms with E-state index in [9.17, 15) is 37.8 Å². The van der Waals surface area contributed by atoms with Gasteiger partial charge >= 0.3 is 6.18 Å². The number of hydrogen-bond acceptors (Lipinski definition) is 11. The molecule has 4 N–H and O–H groups in total. The molecule has 2 amide bonds. The van der Waals surface area contributed by atoms with E-state index in [0.717, 1.165) is 18.2 Å². The molecule has 6 rings (SSSR count). The molecule has 4 atom stereocenters. The number of aromatic hydroxyl groups is 1. The molecule has 276 valence electrons. The number of fused-ring (bicyclic) bond motifs is 2. The molecule has 1 aliphatic carbocycles. The van der Waals surface area contributed by atoms with Crippen molar-refractivity contribution in [2.75, 3.05) is 28.6 Å². The van der Waals surface area contributed by atoms with Crippen LogP contribution in [0.4, 0.5) is 30.4 Å². The topological polar surface area (TPSA) is 179 Å². The van der Waals surface area contributed by atoms with Gasteiger partial charge in [-0.3, -0.25) is 14.4 Å². The SMILES string of the molecule is CCc1c(N2CCN(C(=O)c3ncnc(C)c3O)[C@H]3CC[C@@H]32)c(=O)c2nc(N[C@H](C)[C@H](C)O)cnc2n1CC(=O)Nc1ccc(C(F)(F)F)cc1Cl. The molecule has 14 nitrogen and oxygen atoms in total. The fourth-order valence-electron chi connectivity index (χ4n) is 6.63. The van der Waals surface area contributed by atoms with Crippen LogP contribution < -0.4 is 21.0 Å². The number of nitrogens with one attached hydrogen (secondary N) is 2. The van der Waals surface area contributed by atoms with Gasteiger partial charge in [0.05, 0.1) is 46.4 Å². The third kappa shape index (κ3) is 6.81. The molecule has 2 aliphatic rings. The normalized spacial score (nSPS) is 18.4. The number of nitrogens with zero attached hydrogens (tertiary/aromatic N) is 7. The Morgan fingerprint density at radius 3 is 2.48 bits per heavy atom. The molecule has 3 aromatic heterocycles. The summed E-state index contributed by atoms with van der Waals surface area (Å²) >= 11 is 6.12. The van der Waals surface area contributed by atoms with Crippen molar-refractivity contribution in [3.8, 4) is 5.75 Å². The van der Waals surface area contributed by atoms with Crippen LogP contribution in [0.15, 0.2) is 35.5 Å². The van der Waals surface area contributed by atoms with E-state index < -0.39 is 47.7 Å². The Labute approximate surface area is 300 Å². The Morgan fingerprint density at radius 2 is 1.85 bits per heavy atom. The lowest BCUT2D eigenvalue weighted by molar-refractivity contribution is -0.137. The average Bonchev–Trinajstić information content (AvgIpc) is 3.07. The van der Waals surface area contributed by atoms with Crippen LogP contribution in [-0.4, -0.2) is 88.7 Å². The van der Waals surface area contributed by atoms with Crippen molar-refractivity contribution in [1.29, 1.82) is 0 Å². The number of hydrogen-bond donors (Lipinski definition) is 4. The minimum Gasteiger partial charge on any atom is -0.504 e. The number of anilines is 3. The first kappa shape index (κ1) is 36.8. The molecule has 0 unspecified atom stereocenters. The van der Waals surface area contributed by atoms with Gasteiger partial charge in [0.2, 0.25) is 11.3 Å². The number of carbonyl (C=O) groups is 2. The van der Waals surface area contributed by atoms with Gasteiger partial charge in [0, 0.05) is 24.8 Å². The number of aryl methyl sites for hydroxylation is 1. The lowest BCUT2D eigenvalue weighted by Gasteiger charge is -2.54. The molecule has 0 spiro atoms. The maximum absolute atomic E-state index is 14.5. The molecule has 1 saturated carbocycles. The number of pyridine rings is 1. The Hall–Kier alpha value is -5.03. The molecule has 18 heteroatoms. The summed E-state index contributed by atoms with van der Waals surface area (Å²) in [6, 6.07) is 1.58. The van der Waals surface area contributed by atoms with E-state index in [2.05, 4.69) is 30.6 Å². The van der Waals surface area contributed by atoms with Crippen molar-refractivity contribution in [2.45, 2.75) is 83.9 Å². The molecule has 4 aromatic rings. The summed E-state index contributed by atoms with van der Waals surface area (Å²) in [6.45, 7) is 6.77. The molecule has 1 aliphatic heterocycles. The second-order valence-corrected chi connectivity index (χ2v) is 13.4. The molecular formula is C34H37ClF3N9O5. The Bertz CT molecular complexity index is 2110. The van der Waals surface area contributed by atoms with Crippen molar-refractivity contribution in [1.82, 2.24) is 29.4 Å². The quantitative estimate of drug-likeness (QED) is 0.194. The molecule has 1 saturated heterocycles. The number of aliphatic hydroxyl groups is 1. The van der Waals surface area contributed by atoms with E-state index in [4.69, 9.17) is 11.6 Å². The predicted molar refractivity (Wildman–Crippen MR) is 187 cm³/mol. The Kier molecular flexibility index (Phi) is 10.0. The van der Waals surface area contributed by atoms with Gasteiger partial charge in [-0.25, -0.2) is 19.9 Å². The molecular weight excluding hydrogens is 707 g/mol. The van der Waals surface area contributed by atoms with Crippen molar-refractivity contribution in [3.05, 3.63) is 68.6 Å². The molecule has 52 heavy (non-hydrogen) atoms. The minimum absolute atomic E-state index is 0.0315. The van der Waals surface area contributed by atoms with Crippen LogP contribution in [0.5, 0.6) is 5.75 Å². The average molecular weight is 744 g/mol. The first-order valence-electron chi connectivity index (χ1n) is 16.7. The highest BCUT2D eigenvalue weighted by Gasteiger charge is 2.47. The third-order valence-electron chi connectivity index (χ3n) is 9.69. The summed E-state index contributed by atoms with van der Waals surface area (Å²) in [5.74, 6) is -1.16. The van der Waals surface area contributed by atoms with Crippen LogP contribution in [0.3, 0.4) is 0 Å². The summed E-state index contributed by atoms with van der Waals surface area (Å²) < 4.78 is 41.2. The standard InChI is InChI=1S/C34H37ClF3N9O5/c1-5-22-29(45-10-11-46(24-9-8-23(24)45)33(52)28-30(50)17(3)40-15-41-28)31(51)27-32(39-13-25(44-27)42-16(2)18(4)48)47(22)14-26(49)43-21-7-6-19(12-20(21)35)34(36,37)38/h6-7,12-13,15-16,18,23-24,48,50H,5,8-11,14H2,1-4H3,(H,42,44)(H,43,49)/t16-,18+,23+,24+/m1/s1. The van der Waals surface area contributed by atoms with Crippen molar-refractivity contribution >= 4 is 51.8 Å². The van der Waals surface area contributed by atoms with Gasteiger partial charge in [-0.05, 0) is 58.2 Å². The van der Waals surface area contributed by atoms with Crippen LogP contribution in [0.1, 0.15) is 61.1 Å². The van der Waals surface area contributed by atoms with Gasteiger partial charge in [0.1, 0.15) is 24.4 Å². The number of carbonyl (C=O) groups excluding carboxylic acids is 2. The fraction of sp³-hybridized carbons (Fsp3) is 0.441. The maximum Gasteiger partial charge on any atom is 0.416 e. The van der Waals surface area contributed by atoms with E-state index in [1.807, 2.05) is 11.8 Å². The van der Waals surface area contributed by atoms with Gasteiger partial charge in [-0.1, -0.05) is 18.5 Å². The first-order chi connectivity index (χ1) is 24.6. The van der Waals surface area contributed by atoms with Gasteiger partial charge in [0.25, 0.3) is 5.91 Å². The van der Waals surface area contributed by atoms with Crippen molar-refractivity contribution in [2.24, 2.45) is 0 Å². The number of aromatic nitrogens is 5. The van der Waals surface area contributed by atoms with E-state index in [0.29, 0.717) is 18.5 Å². The summed E-state index contributed by atoms with van der Waals surface area (Å²) in [6.07, 6.45) is -1.21. The monoisotopic (exact) mass is 743 g/mol. The van der Waals surface area contributed by atoms with Gasteiger partial charge in [-0.2, -0.15) is 13.2 Å². The molecule has 0 radical (unpaired) electrons. The van der Waals surface area contributed by atoms with Crippen molar-refractivity contribution in [3.63, 3.8) is 0 Å². The largest absolute Gasteiger partial charge is 0.504 e.